The van der Waals surface area contributed by atoms with Crippen LogP contribution < -0.4 is 11.5 Å². The Morgan fingerprint density at radius 2 is 1.87 bits per heavy atom. The van der Waals surface area contributed by atoms with Gasteiger partial charge in [-0.15, -0.1) is 0 Å². The first-order chi connectivity index (χ1) is 7.11. The molecule has 0 spiro atoms. The topological polar surface area (TPSA) is 89.3 Å². The Balaban J connectivity index is 2.41. The van der Waals surface area contributed by atoms with E-state index in [0.29, 0.717) is 6.42 Å². The minimum absolute atomic E-state index is 0.497. The van der Waals surface area contributed by atoms with Gasteiger partial charge in [-0.3, -0.25) is 4.79 Å². The lowest BCUT2D eigenvalue weighted by Crippen LogP contribution is -2.47. The molecule has 4 heteroatoms. The maximum atomic E-state index is 10.5. The fourth-order valence-corrected chi connectivity index (χ4v) is 1.34. The first-order valence-electron chi connectivity index (χ1n) is 4.89. The summed E-state index contributed by atoms with van der Waals surface area (Å²) in [6.45, 7) is 0. The molecule has 1 aromatic carbocycles. The molecule has 1 rings (SSSR count). The smallest absolute Gasteiger partial charge is 0.322 e. The summed E-state index contributed by atoms with van der Waals surface area (Å²) in [6, 6.07) is 8.32. The zero-order chi connectivity index (χ0) is 11.3. The van der Waals surface area contributed by atoms with Crippen LogP contribution in [0.25, 0.3) is 0 Å². The van der Waals surface area contributed by atoms with Gasteiger partial charge < -0.3 is 16.6 Å². The summed E-state index contributed by atoms with van der Waals surface area (Å²) in [5.74, 6) is -1.05. The van der Waals surface area contributed by atoms with Gasteiger partial charge in [0.1, 0.15) is 6.04 Å². The van der Waals surface area contributed by atoms with E-state index < -0.39 is 18.1 Å². The summed E-state index contributed by atoms with van der Waals surface area (Å²) in [7, 11) is 0. The van der Waals surface area contributed by atoms with Gasteiger partial charge in [-0.05, 0) is 18.4 Å². The third-order valence-electron chi connectivity index (χ3n) is 2.36. The van der Waals surface area contributed by atoms with Crippen molar-refractivity contribution in [1.82, 2.24) is 0 Å². The Hall–Kier alpha value is -1.39. The summed E-state index contributed by atoms with van der Waals surface area (Å²) in [4.78, 5) is 10.5. The molecule has 0 aromatic heterocycles. The van der Waals surface area contributed by atoms with Gasteiger partial charge in [-0.25, -0.2) is 0 Å². The van der Waals surface area contributed by atoms with Crippen molar-refractivity contribution in [2.75, 3.05) is 0 Å². The maximum Gasteiger partial charge on any atom is 0.322 e. The number of nitrogens with two attached hydrogens (primary N) is 2. The van der Waals surface area contributed by atoms with Crippen molar-refractivity contribution >= 4 is 5.97 Å². The fourth-order valence-electron chi connectivity index (χ4n) is 1.34. The number of hydrogen-bond acceptors (Lipinski definition) is 3. The molecule has 4 nitrogen and oxygen atoms in total. The monoisotopic (exact) mass is 208 g/mol. The highest BCUT2D eigenvalue weighted by molar-refractivity contribution is 5.74. The van der Waals surface area contributed by atoms with E-state index in [1.54, 1.807) is 0 Å². The van der Waals surface area contributed by atoms with E-state index in [4.69, 9.17) is 16.6 Å². The molecule has 0 amide bonds. The molecule has 1 aromatic rings. The molecule has 0 aliphatic carbocycles. The van der Waals surface area contributed by atoms with Crippen LogP contribution >= 0.6 is 0 Å². The molecule has 0 unspecified atom stereocenters. The van der Waals surface area contributed by atoms with Crippen molar-refractivity contribution in [2.45, 2.75) is 24.9 Å². The van der Waals surface area contributed by atoms with Gasteiger partial charge >= 0.3 is 5.97 Å². The lowest BCUT2D eigenvalue weighted by molar-refractivity contribution is -0.139. The van der Waals surface area contributed by atoms with Gasteiger partial charge in [-0.1, -0.05) is 30.3 Å². The number of aryl methyl sites for hydroxylation is 1. The average Bonchev–Trinajstić information content (AvgIpc) is 2.26. The maximum absolute atomic E-state index is 10.5. The van der Waals surface area contributed by atoms with Crippen LogP contribution in [-0.2, 0) is 11.2 Å². The van der Waals surface area contributed by atoms with Gasteiger partial charge in [-0.2, -0.15) is 0 Å². The van der Waals surface area contributed by atoms with Crippen LogP contribution in [0, 0.1) is 0 Å². The molecule has 5 N–H and O–H groups in total. The van der Waals surface area contributed by atoms with E-state index in [1.165, 1.54) is 0 Å². The summed E-state index contributed by atoms with van der Waals surface area (Å²) in [6.07, 6.45) is 1.33. The molecule has 15 heavy (non-hydrogen) atoms. The van der Waals surface area contributed by atoms with Crippen LogP contribution in [0.1, 0.15) is 12.0 Å². The van der Waals surface area contributed by atoms with Crippen molar-refractivity contribution in [1.29, 1.82) is 0 Å². The van der Waals surface area contributed by atoms with E-state index in [2.05, 4.69) is 0 Å². The van der Waals surface area contributed by atoms with Crippen LogP contribution in [0.4, 0.5) is 0 Å². The third-order valence-corrected chi connectivity index (χ3v) is 2.36. The number of benzene rings is 1. The SMILES string of the molecule is N[C@H](C(=O)O)[C@@H](N)CCc1ccccc1. The number of hydrogen-bond donors (Lipinski definition) is 3. The van der Waals surface area contributed by atoms with Crippen LogP contribution in [-0.4, -0.2) is 23.2 Å². The summed E-state index contributed by atoms with van der Waals surface area (Å²) < 4.78 is 0. The normalized spacial score (nSPS) is 14.5. The average molecular weight is 208 g/mol. The zero-order valence-corrected chi connectivity index (χ0v) is 8.47. The lowest BCUT2D eigenvalue weighted by Gasteiger charge is -2.15. The predicted octanol–water partition coefficient (Wildman–Crippen LogP) is 0.358. The van der Waals surface area contributed by atoms with Gasteiger partial charge in [0.2, 0.25) is 0 Å². The minimum Gasteiger partial charge on any atom is -0.480 e. The van der Waals surface area contributed by atoms with E-state index >= 15 is 0 Å². The second-order valence-electron chi connectivity index (χ2n) is 3.55. The molecule has 0 saturated heterocycles. The quantitative estimate of drug-likeness (QED) is 0.651. The van der Waals surface area contributed by atoms with Gasteiger partial charge in [0.15, 0.2) is 0 Å². The van der Waals surface area contributed by atoms with Crippen LogP contribution in [0.3, 0.4) is 0 Å². The number of carbonyl (C=O) groups is 1. The zero-order valence-electron chi connectivity index (χ0n) is 8.47. The molecule has 0 saturated carbocycles. The molecular weight excluding hydrogens is 192 g/mol. The second kappa shape index (κ2) is 5.48. The van der Waals surface area contributed by atoms with Crippen molar-refractivity contribution in [3.05, 3.63) is 35.9 Å². The Morgan fingerprint density at radius 1 is 1.27 bits per heavy atom. The molecular formula is C11H16N2O2. The third kappa shape index (κ3) is 3.69. The van der Waals surface area contributed by atoms with Crippen LogP contribution in [0.5, 0.6) is 0 Å². The Kier molecular flexibility index (Phi) is 4.27. The second-order valence-corrected chi connectivity index (χ2v) is 3.55. The number of aliphatic carboxylic acids is 1. The van der Waals surface area contributed by atoms with E-state index in [1.807, 2.05) is 30.3 Å². The minimum atomic E-state index is -1.05. The molecule has 2 atom stereocenters. The number of carboxylic acids is 1. The molecule has 0 aliphatic heterocycles. The van der Waals surface area contributed by atoms with Crippen molar-refractivity contribution in [2.24, 2.45) is 11.5 Å². The highest BCUT2D eigenvalue weighted by atomic mass is 16.4. The van der Waals surface area contributed by atoms with E-state index in [9.17, 15) is 4.79 Å². The van der Waals surface area contributed by atoms with Crippen LogP contribution in [0.2, 0.25) is 0 Å². The molecule has 0 heterocycles. The van der Waals surface area contributed by atoms with Crippen LogP contribution in [0.15, 0.2) is 30.3 Å². The van der Waals surface area contributed by atoms with E-state index in [0.717, 1.165) is 12.0 Å². The van der Waals surface area contributed by atoms with Crippen molar-refractivity contribution in [3.8, 4) is 0 Å². The Bertz CT molecular complexity index is 314. The molecule has 0 aliphatic rings. The lowest BCUT2D eigenvalue weighted by atomic mass is 10.0. The largest absolute Gasteiger partial charge is 0.480 e. The van der Waals surface area contributed by atoms with Crippen molar-refractivity contribution in [3.63, 3.8) is 0 Å². The predicted molar refractivity (Wildman–Crippen MR) is 58.3 cm³/mol. The number of carboxylic acid groups (broad SMARTS) is 1. The van der Waals surface area contributed by atoms with Gasteiger partial charge in [0.25, 0.3) is 0 Å². The van der Waals surface area contributed by atoms with E-state index in [-0.39, 0.29) is 0 Å². The molecule has 0 radical (unpaired) electrons. The molecule has 0 bridgehead atoms. The fraction of sp³-hybridized carbons (Fsp3) is 0.364. The molecule has 0 fully saturated rings. The Labute approximate surface area is 88.9 Å². The summed E-state index contributed by atoms with van der Waals surface area (Å²) in [5.41, 5.74) is 12.2. The van der Waals surface area contributed by atoms with Gasteiger partial charge in [0, 0.05) is 6.04 Å². The molecule has 82 valence electrons. The highest BCUT2D eigenvalue weighted by Gasteiger charge is 2.19. The first-order valence-corrected chi connectivity index (χ1v) is 4.89. The Morgan fingerprint density at radius 3 is 2.40 bits per heavy atom. The summed E-state index contributed by atoms with van der Waals surface area (Å²) >= 11 is 0. The highest BCUT2D eigenvalue weighted by Crippen LogP contribution is 2.05. The summed E-state index contributed by atoms with van der Waals surface area (Å²) in [5, 5.41) is 8.64. The number of rotatable bonds is 5. The standard InChI is InChI=1S/C11H16N2O2/c12-9(10(13)11(14)15)7-6-8-4-2-1-3-5-8/h1-5,9-10H,6-7,12-13H2,(H,14,15)/t9-,10-/m0/s1. The van der Waals surface area contributed by atoms with Gasteiger partial charge in [0.05, 0.1) is 0 Å². The van der Waals surface area contributed by atoms with Crippen molar-refractivity contribution < 1.29 is 9.90 Å². The first kappa shape index (κ1) is 11.7.